The van der Waals surface area contributed by atoms with Crippen LogP contribution in [0.5, 0.6) is 0 Å². The van der Waals surface area contributed by atoms with Crippen LogP contribution in [0.1, 0.15) is 76.3 Å². The van der Waals surface area contributed by atoms with Crippen LogP contribution in [0.2, 0.25) is 16.6 Å². The molecule has 29 heavy (non-hydrogen) atoms. The Bertz CT molecular complexity index is 867. The molecule has 0 atom stereocenters. The fraction of sp³-hybridized carbons (Fsp3) is 0.500. The number of amides is 1. The van der Waals surface area contributed by atoms with Gasteiger partial charge in [-0.1, -0.05) is 53.5 Å². The fourth-order valence-corrected chi connectivity index (χ4v) is 10.4. The van der Waals surface area contributed by atoms with Crippen LogP contribution in [0.4, 0.5) is 0 Å². The van der Waals surface area contributed by atoms with Crippen LogP contribution < -0.4 is 5.32 Å². The first-order valence-electron chi connectivity index (χ1n) is 10.4. The van der Waals surface area contributed by atoms with Crippen molar-refractivity contribution in [3.63, 3.8) is 0 Å². The maximum Gasteiger partial charge on any atom is 0.254 e. The highest BCUT2D eigenvalue weighted by atomic mass is 32.1. The van der Waals surface area contributed by atoms with Crippen molar-refractivity contribution >= 4 is 25.3 Å². The summed E-state index contributed by atoms with van der Waals surface area (Å²) in [6.07, 6.45) is 1.75. The van der Waals surface area contributed by atoms with E-state index in [1.165, 1.54) is 0 Å². The van der Waals surface area contributed by atoms with E-state index in [0.29, 0.717) is 22.2 Å². The third-order valence-electron chi connectivity index (χ3n) is 5.90. The zero-order valence-electron chi connectivity index (χ0n) is 19.0. The van der Waals surface area contributed by atoms with E-state index >= 15 is 0 Å². The van der Waals surface area contributed by atoms with Crippen LogP contribution in [0, 0.1) is 11.5 Å². The second-order valence-electron chi connectivity index (χ2n) is 9.10. The summed E-state index contributed by atoms with van der Waals surface area (Å²) in [4.78, 5) is 18.3. The molecule has 2 heterocycles. The molecule has 2 aromatic heterocycles. The first-order valence-corrected chi connectivity index (χ1v) is 13.5. The summed E-state index contributed by atoms with van der Waals surface area (Å²) in [7, 11) is -1.84. The average molecular weight is 427 g/mol. The van der Waals surface area contributed by atoms with Crippen molar-refractivity contribution in [3.05, 3.63) is 52.0 Å². The summed E-state index contributed by atoms with van der Waals surface area (Å²) in [5.74, 6) is 3.34. The van der Waals surface area contributed by atoms with Crippen molar-refractivity contribution < 1.29 is 4.79 Å². The standard InChI is InChI=1S/C24H34N2OSSi/c1-17(2)29(18(3)4,19(5)6)16-13-21-20(12-15-28-21)23(27)26-24(7,8)22-11-9-10-14-25-22/h9-12,14-15,17-19H,1-8H3,(H,26,27). The number of hydrogen-bond donors (Lipinski definition) is 1. The van der Waals surface area contributed by atoms with Gasteiger partial charge in [0.2, 0.25) is 0 Å². The molecular formula is C24H34N2OSSi. The van der Waals surface area contributed by atoms with E-state index in [4.69, 9.17) is 0 Å². The van der Waals surface area contributed by atoms with E-state index in [-0.39, 0.29) is 5.91 Å². The summed E-state index contributed by atoms with van der Waals surface area (Å²) in [6, 6.07) is 7.62. The van der Waals surface area contributed by atoms with Gasteiger partial charge in [-0.25, -0.2) is 0 Å². The predicted octanol–water partition coefficient (Wildman–Crippen LogP) is 6.38. The second-order valence-corrected chi connectivity index (χ2v) is 15.6. The number of pyridine rings is 1. The van der Waals surface area contributed by atoms with Gasteiger partial charge in [0.05, 0.1) is 21.7 Å². The van der Waals surface area contributed by atoms with Crippen LogP contribution in [0.3, 0.4) is 0 Å². The summed E-state index contributed by atoms with van der Waals surface area (Å²) in [5, 5.41) is 5.08. The van der Waals surface area contributed by atoms with Crippen LogP contribution in [0.15, 0.2) is 35.8 Å². The van der Waals surface area contributed by atoms with Crippen molar-refractivity contribution in [2.75, 3.05) is 0 Å². The van der Waals surface area contributed by atoms with Gasteiger partial charge in [0.1, 0.15) is 8.07 Å². The van der Waals surface area contributed by atoms with Crippen molar-refractivity contribution in [1.82, 2.24) is 10.3 Å². The molecule has 0 saturated carbocycles. The lowest BCUT2D eigenvalue weighted by Crippen LogP contribution is -2.43. The van der Waals surface area contributed by atoms with E-state index in [1.54, 1.807) is 17.5 Å². The van der Waals surface area contributed by atoms with Crippen LogP contribution >= 0.6 is 11.3 Å². The highest BCUT2D eigenvalue weighted by Gasteiger charge is 2.41. The smallest absolute Gasteiger partial charge is 0.254 e. The van der Waals surface area contributed by atoms with Crippen LogP contribution in [-0.4, -0.2) is 19.0 Å². The lowest BCUT2D eigenvalue weighted by Gasteiger charge is -2.38. The van der Waals surface area contributed by atoms with E-state index in [1.807, 2.05) is 43.5 Å². The molecule has 0 aromatic carbocycles. The molecule has 0 fully saturated rings. The zero-order valence-corrected chi connectivity index (χ0v) is 20.8. The Labute approximate surface area is 181 Å². The van der Waals surface area contributed by atoms with Gasteiger partial charge >= 0.3 is 0 Å². The van der Waals surface area contributed by atoms with Crippen molar-refractivity contribution in [3.8, 4) is 11.5 Å². The SMILES string of the molecule is CC(C)[Si](C#Cc1sccc1C(=O)NC(C)(C)c1ccccn1)(C(C)C)C(C)C. The van der Waals surface area contributed by atoms with Gasteiger partial charge in [0.15, 0.2) is 0 Å². The van der Waals surface area contributed by atoms with Gasteiger partial charge in [-0.15, -0.1) is 16.9 Å². The molecule has 2 aromatic rings. The number of thiophene rings is 1. The van der Waals surface area contributed by atoms with Crippen molar-refractivity contribution in [1.29, 1.82) is 0 Å². The number of nitrogens with zero attached hydrogens (tertiary/aromatic N) is 1. The summed E-state index contributed by atoms with van der Waals surface area (Å²) in [5.41, 5.74) is 6.36. The molecule has 0 saturated heterocycles. The highest BCUT2D eigenvalue weighted by Crippen LogP contribution is 2.41. The molecular weight excluding hydrogens is 392 g/mol. The molecule has 3 nitrogen and oxygen atoms in total. The van der Waals surface area contributed by atoms with Gasteiger partial charge in [0, 0.05) is 6.20 Å². The van der Waals surface area contributed by atoms with Crippen LogP contribution in [0.25, 0.3) is 0 Å². The Hall–Kier alpha value is -1.90. The maximum absolute atomic E-state index is 13.1. The molecule has 0 radical (unpaired) electrons. The van der Waals surface area contributed by atoms with Gasteiger partial charge in [-0.05, 0) is 54.1 Å². The highest BCUT2D eigenvalue weighted by molar-refractivity contribution is 7.11. The summed E-state index contributed by atoms with van der Waals surface area (Å²) < 4.78 is 0. The van der Waals surface area contributed by atoms with E-state index in [0.717, 1.165) is 10.6 Å². The third kappa shape index (κ3) is 4.99. The Morgan fingerprint density at radius 3 is 2.21 bits per heavy atom. The average Bonchev–Trinajstić information content (AvgIpc) is 3.10. The Morgan fingerprint density at radius 2 is 1.69 bits per heavy atom. The molecule has 1 N–H and O–H groups in total. The minimum atomic E-state index is -1.84. The van der Waals surface area contributed by atoms with Crippen molar-refractivity contribution in [2.24, 2.45) is 0 Å². The molecule has 0 spiro atoms. The summed E-state index contributed by atoms with van der Waals surface area (Å²) in [6.45, 7) is 17.8. The Morgan fingerprint density at radius 1 is 1.07 bits per heavy atom. The van der Waals surface area contributed by atoms with E-state index < -0.39 is 13.6 Å². The number of nitrogens with one attached hydrogen (secondary N) is 1. The largest absolute Gasteiger partial charge is 0.341 e. The zero-order chi connectivity index (χ0) is 21.8. The first-order chi connectivity index (χ1) is 13.5. The quantitative estimate of drug-likeness (QED) is 0.430. The lowest BCUT2D eigenvalue weighted by atomic mass is 9.99. The molecule has 1 amide bonds. The van der Waals surface area contributed by atoms with Gasteiger partial charge in [0.25, 0.3) is 5.91 Å². The molecule has 5 heteroatoms. The van der Waals surface area contributed by atoms with Gasteiger partial charge in [-0.3, -0.25) is 9.78 Å². The topological polar surface area (TPSA) is 42.0 Å². The Kier molecular flexibility index (Phi) is 7.48. The van der Waals surface area contributed by atoms with Gasteiger partial charge < -0.3 is 5.32 Å². The van der Waals surface area contributed by atoms with Gasteiger partial charge in [-0.2, -0.15) is 0 Å². The number of hydrogen-bond acceptors (Lipinski definition) is 3. The normalized spacial score (nSPS) is 12.2. The predicted molar refractivity (Wildman–Crippen MR) is 127 cm³/mol. The van der Waals surface area contributed by atoms with E-state index in [9.17, 15) is 4.79 Å². The lowest BCUT2D eigenvalue weighted by molar-refractivity contribution is 0.0910. The fourth-order valence-electron chi connectivity index (χ4n) is 4.33. The van der Waals surface area contributed by atoms with Crippen molar-refractivity contribution in [2.45, 2.75) is 77.6 Å². The number of rotatable bonds is 6. The minimum absolute atomic E-state index is 0.0999. The number of aromatic nitrogens is 1. The monoisotopic (exact) mass is 426 g/mol. The second kappa shape index (κ2) is 9.28. The first kappa shape index (κ1) is 23.4. The summed E-state index contributed by atoms with van der Waals surface area (Å²) >= 11 is 1.55. The molecule has 2 rings (SSSR count). The van der Waals surface area contributed by atoms with Crippen LogP contribution in [-0.2, 0) is 5.54 Å². The molecule has 156 valence electrons. The number of carbonyl (C=O) groups is 1. The Balaban J connectivity index is 2.35. The number of carbonyl (C=O) groups excluding carboxylic acids is 1. The molecule has 0 aliphatic carbocycles. The third-order valence-corrected chi connectivity index (χ3v) is 13.0. The minimum Gasteiger partial charge on any atom is -0.341 e. The molecule has 0 unspecified atom stereocenters. The molecule has 0 aliphatic heterocycles. The molecule has 0 aliphatic rings. The maximum atomic E-state index is 13.1. The van der Waals surface area contributed by atoms with E-state index in [2.05, 4.69) is 63.3 Å². The molecule has 0 bridgehead atoms.